The Morgan fingerprint density at radius 3 is 2.48 bits per heavy atom. The molecule has 252 valence electrons. The first-order chi connectivity index (χ1) is 21.7. The van der Waals surface area contributed by atoms with Crippen molar-refractivity contribution in [1.29, 1.82) is 0 Å². The summed E-state index contributed by atoms with van der Waals surface area (Å²) < 4.78 is 58.1. The molecule has 7 atom stereocenters. The summed E-state index contributed by atoms with van der Waals surface area (Å²) in [6.45, 7) is 2.71. The van der Waals surface area contributed by atoms with Crippen molar-refractivity contribution in [3.63, 3.8) is 0 Å². The Morgan fingerprint density at radius 1 is 1.11 bits per heavy atom. The van der Waals surface area contributed by atoms with Crippen LogP contribution in [0.4, 0.5) is 17.6 Å². The highest BCUT2D eigenvalue weighted by molar-refractivity contribution is 7.11. The third-order valence-electron chi connectivity index (χ3n) is 11.0. The minimum absolute atomic E-state index is 0.0351. The monoisotopic (exact) mass is 686 g/mol. The molecule has 0 aromatic carbocycles. The largest absolute Gasteiger partial charge is 0.481 e. The number of aryl methyl sites for hydroxylation is 1. The second-order valence-electron chi connectivity index (χ2n) is 13.8. The number of carbonyl (C=O) groups is 3. The molecule has 1 aromatic heterocycles. The molecule has 0 radical (unpaired) electrons. The quantitative estimate of drug-likeness (QED) is 0.270. The van der Waals surface area contributed by atoms with E-state index >= 15 is 4.39 Å². The van der Waals surface area contributed by atoms with Crippen LogP contribution in [0, 0.1) is 41.9 Å². The maximum Gasteiger partial charge on any atom is 0.394 e. The van der Waals surface area contributed by atoms with Gasteiger partial charge in [-0.3, -0.25) is 14.4 Å². The van der Waals surface area contributed by atoms with Gasteiger partial charge in [0.1, 0.15) is 6.17 Å². The molecule has 5 aliphatic rings. The van der Waals surface area contributed by atoms with Gasteiger partial charge in [0.25, 0.3) is 5.91 Å². The van der Waals surface area contributed by atoms with Crippen molar-refractivity contribution in [2.45, 2.75) is 108 Å². The minimum atomic E-state index is -4.47. The Balaban J connectivity index is 1.30. The van der Waals surface area contributed by atoms with Gasteiger partial charge in [0.05, 0.1) is 41.0 Å². The Morgan fingerprint density at radius 2 is 1.85 bits per heavy atom. The standard InChI is InChI=1S/C32H39ClF4N4O4S/c1-15-39-24-13-41(14-25(24)46-15)29(43)16-5-8-19(27(38)18-7-6-17(30(44)45)11-22(18)34)23(12-16)40-28(42)26-20(3-2-4-21(26)33)31(9-10-31)32(35,36)37/h16-18,20-22,26H,2-14,38H2,1H3,(H,44,45)/b27-19-,40-23?. The van der Waals surface area contributed by atoms with E-state index in [1.54, 1.807) is 4.90 Å². The van der Waals surface area contributed by atoms with E-state index < -0.39 is 64.6 Å². The fourth-order valence-corrected chi connectivity index (χ4v) is 9.75. The SMILES string of the molecule is Cc1nc2c(s1)CN(C(=O)C1CC/C(=C(/N)C3CCC(C(=O)O)CC3F)C(=NC(=O)C3C(Cl)CCCC3C3(C(F)(F)F)CC3)C1)C2. The van der Waals surface area contributed by atoms with Gasteiger partial charge in [-0.05, 0) is 76.2 Å². The van der Waals surface area contributed by atoms with Gasteiger partial charge in [-0.2, -0.15) is 13.2 Å². The number of nitrogens with two attached hydrogens (primary N) is 1. The molecule has 4 aliphatic carbocycles. The van der Waals surface area contributed by atoms with E-state index in [-0.39, 0.29) is 68.7 Å². The molecule has 46 heavy (non-hydrogen) atoms. The number of carboxylic acids is 1. The summed E-state index contributed by atoms with van der Waals surface area (Å²) in [7, 11) is 0. The van der Waals surface area contributed by atoms with Crippen molar-refractivity contribution in [3.05, 3.63) is 26.8 Å². The first kappa shape index (κ1) is 33.4. The summed E-state index contributed by atoms with van der Waals surface area (Å²) in [5.41, 5.74) is 6.32. The lowest BCUT2D eigenvalue weighted by atomic mass is 9.69. The fraction of sp³-hybridized carbons (Fsp3) is 0.719. The van der Waals surface area contributed by atoms with Gasteiger partial charge in [0.2, 0.25) is 5.91 Å². The van der Waals surface area contributed by atoms with Crippen LogP contribution in [-0.4, -0.2) is 56.2 Å². The van der Waals surface area contributed by atoms with Crippen molar-refractivity contribution < 1.29 is 37.1 Å². The average Bonchev–Trinajstić information content (AvgIpc) is 3.63. The van der Waals surface area contributed by atoms with E-state index in [4.69, 9.17) is 17.3 Å². The van der Waals surface area contributed by atoms with Gasteiger partial charge < -0.3 is 15.7 Å². The molecular formula is C32H39ClF4N4O4S. The number of thiazole rings is 1. The molecule has 0 saturated heterocycles. The van der Waals surface area contributed by atoms with Crippen LogP contribution in [0.3, 0.4) is 0 Å². The molecule has 4 fully saturated rings. The first-order valence-corrected chi connectivity index (χ1v) is 17.4. The summed E-state index contributed by atoms with van der Waals surface area (Å²) >= 11 is 8.14. The summed E-state index contributed by atoms with van der Waals surface area (Å²) in [6, 6.07) is 0. The van der Waals surface area contributed by atoms with Gasteiger partial charge in [0.15, 0.2) is 0 Å². The van der Waals surface area contributed by atoms with Crippen LogP contribution in [0.25, 0.3) is 0 Å². The van der Waals surface area contributed by atoms with Crippen molar-refractivity contribution in [1.82, 2.24) is 9.88 Å². The summed E-state index contributed by atoms with van der Waals surface area (Å²) in [5.74, 6) is -6.24. The number of allylic oxidation sites excluding steroid dienone is 2. The predicted molar refractivity (Wildman–Crippen MR) is 164 cm³/mol. The average molecular weight is 687 g/mol. The molecular weight excluding hydrogens is 648 g/mol. The van der Waals surface area contributed by atoms with Crippen molar-refractivity contribution in [2.75, 3.05) is 0 Å². The second kappa shape index (κ2) is 12.5. The number of alkyl halides is 5. The van der Waals surface area contributed by atoms with E-state index in [1.165, 1.54) is 11.3 Å². The lowest BCUT2D eigenvalue weighted by molar-refractivity contribution is -0.210. The number of halogens is 5. The molecule has 6 rings (SSSR count). The fourth-order valence-electron chi connectivity index (χ4n) is 8.35. The Hall–Kier alpha value is -2.54. The molecule has 3 N–H and O–H groups in total. The third-order valence-corrected chi connectivity index (χ3v) is 12.5. The van der Waals surface area contributed by atoms with E-state index in [9.17, 15) is 32.7 Å². The van der Waals surface area contributed by atoms with E-state index in [0.29, 0.717) is 37.9 Å². The van der Waals surface area contributed by atoms with Crippen molar-refractivity contribution >= 4 is 46.4 Å². The summed E-state index contributed by atoms with van der Waals surface area (Å²) in [5, 5.41) is 9.50. The number of amides is 2. The highest BCUT2D eigenvalue weighted by atomic mass is 35.5. The number of hydrogen-bond acceptors (Lipinski definition) is 6. The molecule has 2 heterocycles. The van der Waals surface area contributed by atoms with E-state index in [1.807, 2.05) is 6.92 Å². The van der Waals surface area contributed by atoms with Gasteiger partial charge >= 0.3 is 12.1 Å². The molecule has 7 unspecified atom stereocenters. The van der Waals surface area contributed by atoms with E-state index in [2.05, 4.69) is 9.98 Å². The smallest absolute Gasteiger partial charge is 0.394 e. The molecule has 2 amide bonds. The Bertz CT molecular complexity index is 1450. The number of aromatic nitrogens is 1. The van der Waals surface area contributed by atoms with Crippen LogP contribution in [0.5, 0.6) is 0 Å². The van der Waals surface area contributed by atoms with E-state index in [0.717, 1.165) is 15.6 Å². The molecule has 0 bridgehead atoms. The zero-order valence-electron chi connectivity index (χ0n) is 25.6. The maximum atomic E-state index is 15.4. The third kappa shape index (κ3) is 6.10. The number of carboxylic acid groups (broad SMARTS) is 1. The highest BCUT2D eigenvalue weighted by Crippen LogP contribution is 2.66. The predicted octanol–water partition coefficient (Wildman–Crippen LogP) is 6.48. The minimum Gasteiger partial charge on any atom is -0.481 e. The van der Waals surface area contributed by atoms with Crippen LogP contribution < -0.4 is 5.73 Å². The molecule has 0 spiro atoms. The molecule has 8 nitrogen and oxygen atoms in total. The zero-order chi connectivity index (χ0) is 33.1. The number of nitrogens with zero attached hydrogens (tertiary/aromatic N) is 3. The highest BCUT2D eigenvalue weighted by Gasteiger charge is 2.69. The maximum absolute atomic E-state index is 15.4. The van der Waals surface area contributed by atoms with Crippen LogP contribution >= 0.6 is 22.9 Å². The van der Waals surface area contributed by atoms with Gasteiger partial charge in [0, 0.05) is 39.9 Å². The lowest BCUT2D eigenvalue weighted by Crippen LogP contribution is -2.45. The number of fused-ring (bicyclic) bond motifs is 1. The van der Waals surface area contributed by atoms with Gasteiger partial charge in [-0.25, -0.2) is 14.4 Å². The van der Waals surface area contributed by atoms with Crippen LogP contribution in [0.15, 0.2) is 16.3 Å². The second-order valence-corrected chi connectivity index (χ2v) is 15.6. The van der Waals surface area contributed by atoms with Crippen LogP contribution in [0.1, 0.15) is 86.2 Å². The molecule has 14 heteroatoms. The van der Waals surface area contributed by atoms with Crippen molar-refractivity contribution in [3.8, 4) is 0 Å². The van der Waals surface area contributed by atoms with Gasteiger partial charge in [-0.15, -0.1) is 22.9 Å². The Labute approximate surface area is 273 Å². The zero-order valence-corrected chi connectivity index (χ0v) is 27.2. The first-order valence-electron chi connectivity index (χ1n) is 16.1. The lowest BCUT2D eigenvalue weighted by Gasteiger charge is -2.39. The molecule has 1 aliphatic heterocycles. The van der Waals surface area contributed by atoms with Crippen LogP contribution in [-0.2, 0) is 27.5 Å². The summed E-state index contributed by atoms with van der Waals surface area (Å²) in [6.07, 6.45) is -4.10. The normalized spacial score (nSPS) is 34.7. The number of hydrogen-bond donors (Lipinski definition) is 2. The Kier molecular flexibility index (Phi) is 9.06. The number of aliphatic carboxylic acids is 1. The van der Waals surface area contributed by atoms with Crippen molar-refractivity contribution in [2.24, 2.45) is 45.7 Å². The molecule has 1 aromatic rings. The number of carbonyl (C=O) groups excluding carboxylic acids is 2. The van der Waals surface area contributed by atoms with Gasteiger partial charge in [-0.1, -0.05) is 6.42 Å². The summed E-state index contributed by atoms with van der Waals surface area (Å²) in [4.78, 5) is 50.8. The molecule has 4 saturated carbocycles. The van der Waals surface area contributed by atoms with Crippen LogP contribution in [0.2, 0.25) is 0 Å². The topological polar surface area (TPSA) is 126 Å². The number of aliphatic imine (C=N–C) groups is 1. The number of rotatable bonds is 5.